The van der Waals surface area contributed by atoms with Crippen LogP contribution in [0.1, 0.15) is 47.1 Å². The largest absolute Gasteiger partial charge is 0.463 e. The van der Waals surface area contributed by atoms with E-state index in [9.17, 15) is 25.2 Å². The summed E-state index contributed by atoms with van der Waals surface area (Å²) in [7, 11) is 0. The van der Waals surface area contributed by atoms with Gasteiger partial charge in [-0.25, -0.2) is 0 Å². The molecule has 0 bridgehead atoms. The summed E-state index contributed by atoms with van der Waals surface area (Å²) in [5, 5.41) is 18.5. The number of hydrogen-bond acceptors (Lipinski definition) is 15. The first kappa shape index (κ1) is 34.4. The van der Waals surface area contributed by atoms with Crippen LogP contribution in [0.25, 0.3) is 10.4 Å². The molecule has 18 heteroatoms. The molecule has 5 heterocycles. The Kier molecular flexibility index (Phi) is 9.40. The minimum absolute atomic E-state index is 0.0460. The van der Waals surface area contributed by atoms with Crippen molar-refractivity contribution in [3.8, 4) is 0 Å². The highest BCUT2D eigenvalue weighted by Crippen LogP contribution is 2.48. The van der Waals surface area contributed by atoms with E-state index >= 15 is 0 Å². The first-order chi connectivity index (χ1) is 22.7. The molecular weight excluding hydrogens is 638 g/mol. The number of ether oxygens (including phenoxy) is 8. The molecule has 0 N–H and O–H groups in total. The van der Waals surface area contributed by atoms with E-state index in [1.165, 1.54) is 12.0 Å². The number of nitro groups is 1. The second kappa shape index (κ2) is 13.1. The molecular formula is C30H39N5O13. The molecule has 262 valence electrons. The lowest BCUT2D eigenvalue weighted by molar-refractivity contribution is -0.535. The van der Waals surface area contributed by atoms with Crippen molar-refractivity contribution in [2.24, 2.45) is 5.11 Å². The van der Waals surface area contributed by atoms with Gasteiger partial charge in [-0.2, -0.15) is 5.06 Å². The number of carbonyl (C=O) groups excluding carboxylic acids is 2. The third-order valence-corrected chi connectivity index (χ3v) is 8.86. The van der Waals surface area contributed by atoms with Crippen LogP contribution in [-0.4, -0.2) is 113 Å². The SMILES string of the molecule is CC(=O)OC[C@H]1O[C@H](C2C([N+](=O)[O-])[C@@H]([C@@H]3O[C@@H]4OC(C)(C)OC4C4OC(C)(C)O[C@H]43)ON2Cc2ccccc2)C(N=[N+]=[N-])C1OC(C)=O. The molecule has 1 aromatic carbocycles. The molecule has 12 atom stereocenters. The molecule has 48 heavy (non-hydrogen) atoms. The van der Waals surface area contributed by atoms with E-state index in [0.29, 0.717) is 0 Å². The summed E-state index contributed by atoms with van der Waals surface area (Å²) in [6.07, 6.45) is -9.26. The Morgan fingerprint density at radius 1 is 0.938 bits per heavy atom. The van der Waals surface area contributed by atoms with E-state index in [-0.39, 0.29) is 13.2 Å². The second-order valence-corrected chi connectivity index (χ2v) is 13.2. The van der Waals surface area contributed by atoms with Crippen LogP contribution in [-0.2, 0) is 58.9 Å². The first-order valence-electron chi connectivity index (χ1n) is 15.7. The summed E-state index contributed by atoms with van der Waals surface area (Å²) in [6, 6.07) is 4.99. The maximum atomic E-state index is 13.2. The zero-order valence-corrected chi connectivity index (χ0v) is 27.3. The number of benzene rings is 1. The van der Waals surface area contributed by atoms with Crippen LogP contribution in [0.4, 0.5) is 0 Å². The monoisotopic (exact) mass is 677 g/mol. The normalized spacial score (nSPS) is 39.6. The summed E-state index contributed by atoms with van der Waals surface area (Å²) < 4.78 is 48.0. The van der Waals surface area contributed by atoms with Gasteiger partial charge in [-0.05, 0) is 38.8 Å². The van der Waals surface area contributed by atoms with Crippen molar-refractivity contribution in [1.29, 1.82) is 0 Å². The Balaban J connectivity index is 1.41. The van der Waals surface area contributed by atoms with Gasteiger partial charge in [0.15, 0.2) is 24.0 Å². The van der Waals surface area contributed by atoms with Crippen molar-refractivity contribution < 1.29 is 57.2 Å². The Hall–Kier alpha value is -3.45. The highest BCUT2D eigenvalue weighted by atomic mass is 16.9. The molecule has 0 amide bonds. The maximum Gasteiger partial charge on any atom is 0.303 e. The zero-order valence-electron chi connectivity index (χ0n) is 27.3. The second-order valence-electron chi connectivity index (χ2n) is 13.2. The lowest BCUT2D eigenvalue weighted by Crippen LogP contribution is -2.62. The van der Waals surface area contributed by atoms with Crippen molar-refractivity contribution in [2.75, 3.05) is 6.61 Å². The van der Waals surface area contributed by atoms with Crippen LogP contribution >= 0.6 is 0 Å². The van der Waals surface area contributed by atoms with E-state index in [2.05, 4.69) is 10.0 Å². The number of azide groups is 1. The van der Waals surface area contributed by atoms with Gasteiger partial charge < -0.3 is 37.9 Å². The quantitative estimate of drug-likeness (QED) is 0.0915. The lowest BCUT2D eigenvalue weighted by atomic mass is 9.87. The van der Waals surface area contributed by atoms with Crippen LogP contribution in [0.15, 0.2) is 35.4 Å². The van der Waals surface area contributed by atoms with Gasteiger partial charge in [-0.15, -0.1) is 0 Å². The number of carbonyl (C=O) groups is 2. The summed E-state index contributed by atoms with van der Waals surface area (Å²) in [5.74, 6) is -3.47. The van der Waals surface area contributed by atoms with Crippen LogP contribution in [0.5, 0.6) is 0 Å². The van der Waals surface area contributed by atoms with E-state index in [4.69, 9.17) is 42.7 Å². The molecule has 5 aliphatic heterocycles. The smallest absolute Gasteiger partial charge is 0.303 e. The maximum absolute atomic E-state index is 13.2. The van der Waals surface area contributed by atoms with Gasteiger partial charge in [0.2, 0.25) is 0 Å². The standard InChI is InChI=1S/C30H39N5O13/c1-14(36)40-13-17-21(41-15(2)37)18(32-33-31)22(42-17)19-20(35(38)39)23(48-34(19)12-16-10-8-7-9-11-16)24-25-26(45-29(3,4)44-25)27-28(43-24)47-30(5,6)46-27/h7-11,17-28H,12-13H2,1-6H3/t17-,18?,19?,20?,21?,22+,23+,24+,25+,26?,27?,28-/m1/s1. The van der Waals surface area contributed by atoms with Gasteiger partial charge >= 0.3 is 11.9 Å². The minimum atomic E-state index is -1.58. The molecule has 6 rings (SSSR count). The van der Waals surface area contributed by atoms with Crippen LogP contribution in [0.3, 0.4) is 0 Å². The van der Waals surface area contributed by atoms with E-state index in [0.717, 1.165) is 12.5 Å². The Bertz CT molecular complexity index is 1440. The summed E-state index contributed by atoms with van der Waals surface area (Å²) in [4.78, 5) is 46.0. The molecule has 5 aliphatic rings. The molecule has 0 spiro atoms. The number of hydroxylamine groups is 2. The number of esters is 2. The van der Waals surface area contributed by atoms with Gasteiger partial charge in [-0.1, -0.05) is 35.4 Å². The van der Waals surface area contributed by atoms with Gasteiger partial charge in [-0.3, -0.25) is 24.5 Å². The number of hydrogen-bond donors (Lipinski definition) is 0. The summed E-state index contributed by atoms with van der Waals surface area (Å²) in [5.41, 5.74) is 10.3. The lowest BCUT2D eigenvalue weighted by Gasteiger charge is -2.39. The Morgan fingerprint density at radius 3 is 2.21 bits per heavy atom. The summed E-state index contributed by atoms with van der Waals surface area (Å²) >= 11 is 0. The van der Waals surface area contributed by atoms with Crippen molar-refractivity contribution in [3.63, 3.8) is 0 Å². The van der Waals surface area contributed by atoms with Crippen molar-refractivity contribution in [1.82, 2.24) is 5.06 Å². The molecule has 5 fully saturated rings. The minimum Gasteiger partial charge on any atom is -0.463 e. The fourth-order valence-corrected chi connectivity index (χ4v) is 7.23. The average Bonchev–Trinajstić information content (AvgIpc) is 3.71. The fourth-order valence-electron chi connectivity index (χ4n) is 7.23. The molecule has 5 saturated heterocycles. The molecule has 0 aromatic heterocycles. The first-order valence-corrected chi connectivity index (χ1v) is 15.7. The van der Waals surface area contributed by atoms with Crippen molar-refractivity contribution in [2.45, 2.75) is 133 Å². The Morgan fingerprint density at radius 2 is 1.58 bits per heavy atom. The van der Waals surface area contributed by atoms with E-state index in [1.807, 2.05) is 30.3 Å². The molecule has 0 aliphatic carbocycles. The number of nitrogens with zero attached hydrogens (tertiary/aromatic N) is 5. The average molecular weight is 678 g/mol. The van der Waals surface area contributed by atoms with Crippen molar-refractivity contribution >= 4 is 11.9 Å². The Labute approximate surface area is 275 Å². The predicted molar refractivity (Wildman–Crippen MR) is 158 cm³/mol. The third-order valence-electron chi connectivity index (χ3n) is 8.86. The molecule has 1 aromatic rings. The topological polar surface area (TPSA) is 212 Å². The predicted octanol–water partition coefficient (Wildman–Crippen LogP) is 2.15. The van der Waals surface area contributed by atoms with E-state index < -0.39 is 102 Å². The highest BCUT2D eigenvalue weighted by molar-refractivity contribution is 5.66. The van der Waals surface area contributed by atoms with Crippen LogP contribution < -0.4 is 0 Å². The molecule has 0 saturated carbocycles. The molecule has 18 nitrogen and oxygen atoms in total. The third kappa shape index (κ3) is 6.72. The molecule has 0 radical (unpaired) electrons. The van der Waals surface area contributed by atoms with Gasteiger partial charge in [0.05, 0.1) is 6.10 Å². The van der Waals surface area contributed by atoms with E-state index in [1.54, 1.807) is 27.7 Å². The van der Waals surface area contributed by atoms with Crippen molar-refractivity contribution in [3.05, 3.63) is 56.5 Å². The van der Waals surface area contributed by atoms with Gasteiger partial charge in [0, 0.05) is 30.2 Å². The van der Waals surface area contributed by atoms with Crippen LogP contribution in [0, 0.1) is 10.1 Å². The van der Waals surface area contributed by atoms with Crippen LogP contribution in [0.2, 0.25) is 0 Å². The zero-order chi connectivity index (χ0) is 34.5. The number of rotatable bonds is 9. The highest BCUT2D eigenvalue weighted by Gasteiger charge is 2.69. The molecule has 6 unspecified atom stereocenters. The number of fused-ring (bicyclic) bond motifs is 3. The fraction of sp³-hybridized carbons (Fsp3) is 0.733. The van der Waals surface area contributed by atoms with Gasteiger partial charge in [0.1, 0.15) is 55.3 Å². The summed E-state index contributed by atoms with van der Waals surface area (Å²) in [6.45, 7) is 8.92. The van der Waals surface area contributed by atoms with Gasteiger partial charge in [0.25, 0.3) is 6.04 Å².